The molecule has 21 heavy (non-hydrogen) atoms. The molecule has 0 aliphatic heterocycles. The predicted octanol–water partition coefficient (Wildman–Crippen LogP) is 3.92. The largest absolute Gasteiger partial charge is 0.394 e. The maximum Gasteiger partial charge on any atom is 0.0957 e. The molecule has 0 aliphatic rings. The normalized spacial score (nSPS) is 14.7. The smallest absolute Gasteiger partial charge is 0.0957 e. The van der Waals surface area contributed by atoms with Gasteiger partial charge in [-0.05, 0) is 12.8 Å². The van der Waals surface area contributed by atoms with Crippen LogP contribution >= 0.6 is 0 Å². The summed E-state index contributed by atoms with van der Waals surface area (Å²) in [7, 11) is 0. The van der Waals surface area contributed by atoms with Crippen molar-refractivity contribution in [1.29, 1.82) is 0 Å². The Morgan fingerprint density at radius 1 is 0.857 bits per heavy atom. The fourth-order valence-electron chi connectivity index (χ4n) is 2.43. The van der Waals surface area contributed by atoms with Crippen molar-refractivity contribution in [2.45, 2.75) is 96.1 Å². The van der Waals surface area contributed by atoms with E-state index in [0.29, 0.717) is 0 Å². The lowest BCUT2D eigenvalue weighted by Crippen LogP contribution is -2.35. The molecule has 2 atom stereocenters. The van der Waals surface area contributed by atoms with E-state index in [-0.39, 0.29) is 6.61 Å². The van der Waals surface area contributed by atoms with Gasteiger partial charge in [-0.1, -0.05) is 83.3 Å². The van der Waals surface area contributed by atoms with Gasteiger partial charge in [-0.2, -0.15) is 0 Å². The molecule has 0 aromatic rings. The average Bonchev–Trinajstić information content (AvgIpc) is 2.50. The number of allylic oxidation sites excluding steroid dienone is 1. The molecule has 3 heteroatoms. The fraction of sp³-hybridized carbons (Fsp3) is 0.889. The Balaban J connectivity index is 3.20. The second-order valence-corrected chi connectivity index (χ2v) is 6.08. The molecule has 0 aromatic carbocycles. The molecule has 0 radical (unpaired) electrons. The van der Waals surface area contributed by atoms with E-state index in [1.807, 2.05) is 6.08 Å². The Bertz CT molecular complexity index is 231. The fourth-order valence-corrected chi connectivity index (χ4v) is 2.43. The van der Waals surface area contributed by atoms with Crippen LogP contribution in [0.3, 0.4) is 0 Å². The number of aliphatic hydroxyl groups is 2. The minimum Gasteiger partial charge on any atom is -0.394 e. The van der Waals surface area contributed by atoms with Gasteiger partial charge < -0.3 is 15.9 Å². The third-order valence-corrected chi connectivity index (χ3v) is 3.96. The highest BCUT2D eigenvalue weighted by molar-refractivity contribution is 4.94. The third-order valence-electron chi connectivity index (χ3n) is 3.96. The van der Waals surface area contributed by atoms with Gasteiger partial charge in [0.15, 0.2) is 0 Å². The molecule has 0 fully saturated rings. The summed E-state index contributed by atoms with van der Waals surface area (Å²) in [5.74, 6) is 0. The number of hydrogen-bond donors (Lipinski definition) is 3. The molecule has 4 N–H and O–H groups in total. The summed E-state index contributed by atoms with van der Waals surface area (Å²) in [4.78, 5) is 0. The number of aliphatic hydroxyl groups excluding tert-OH is 2. The van der Waals surface area contributed by atoms with Gasteiger partial charge in [-0.3, -0.25) is 0 Å². The number of unbranched alkanes of at least 4 members (excludes halogenated alkanes) is 11. The van der Waals surface area contributed by atoms with E-state index in [2.05, 4.69) is 6.92 Å². The molecular weight excluding hydrogens is 262 g/mol. The zero-order chi connectivity index (χ0) is 15.8. The van der Waals surface area contributed by atoms with Crippen molar-refractivity contribution >= 4 is 0 Å². The number of hydrogen-bond acceptors (Lipinski definition) is 3. The van der Waals surface area contributed by atoms with Crippen LogP contribution in [0, 0.1) is 0 Å². The predicted molar refractivity (Wildman–Crippen MR) is 91.3 cm³/mol. The Kier molecular flexibility index (Phi) is 15.7. The van der Waals surface area contributed by atoms with Crippen LogP contribution in [0.25, 0.3) is 0 Å². The van der Waals surface area contributed by atoms with E-state index in [0.717, 1.165) is 6.42 Å². The third kappa shape index (κ3) is 14.3. The van der Waals surface area contributed by atoms with Gasteiger partial charge in [-0.15, -0.1) is 0 Å². The first-order valence-corrected chi connectivity index (χ1v) is 8.93. The summed E-state index contributed by atoms with van der Waals surface area (Å²) in [5, 5.41) is 18.0. The van der Waals surface area contributed by atoms with Crippen LogP contribution in [0.1, 0.15) is 84.0 Å². The lowest BCUT2D eigenvalue weighted by atomic mass is 10.0. The van der Waals surface area contributed by atoms with Crippen LogP contribution in [0.15, 0.2) is 12.2 Å². The van der Waals surface area contributed by atoms with Crippen LogP contribution in [-0.2, 0) is 0 Å². The van der Waals surface area contributed by atoms with E-state index in [1.54, 1.807) is 6.08 Å². The lowest BCUT2D eigenvalue weighted by Gasteiger charge is -2.11. The minimum absolute atomic E-state index is 0.274. The van der Waals surface area contributed by atoms with E-state index in [4.69, 9.17) is 10.8 Å². The second-order valence-electron chi connectivity index (χ2n) is 6.08. The van der Waals surface area contributed by atoms with E-state index >= 15 is 0 Å². The maximum atomic E-state index is 9.29. The highest BCUT2D eigenvalue weighted by Gasteiger charge is 2.08. The first kappa shape index (κ1) is 20.6. The highest BCUT2D eigenvalue weighted by atomic mass is 16.3. The van der Waals surface area contributed by atoms with Gasteiger partial charge >= 0.3 is 0 Å². The van der Waals surface area contributed by atoms with Gasteiger partial charge in [0.2, 0.25) is 0 Å². The Morgan fingerprint density at radius 3 is 1.81 bits per heavy atom. The molecule has 126 valence electrons. The topological polar surface area (TPSA) is 66.5 Å². The molecule has 3 nitrogen and oxygen atoms in total. The van der Waals surface area contributed by atoms with E-state index in [9.17, 15) is 5.11 Å². The van der Waals surface area contributed by atoms with Crippen molar-refractivity contribution in [3.05, 3.63) is 12.2 Å². The Hall–Kier alpha value is -0.380. The summed E-state index contributed by atoms with van der Waals surface area (Å²) in [5.41, 5.74) is 5.67. The zero-order valence-electron chi connectivity index (χ0n) is 14.0. The quantitative estimate of drug-likeness (QED) is 0.317. The van der Waals surface area contributed by atoms with E-state index in [1.165, 1.54) is 70.6 Å². The lowest BCUT2D eigenvalue weighted by molar-refractivity contribution is 0.0854. The van der Waals surface area contributed by atoms with Gasteiger partial charge in [0.1, 0.15) is 0 Å². The molecule has 0 saturated heterocycles. The second kappa shape index (κ2) is 16.0. The molecule has 0 heterocycles. The molecule has 0 unspecified atom stereocenters. The van der Waals surface area contributed by atoms with Gasteiger partial charge in [0, 0.05) is 0 Å². The maximum absolute atomic E-state index is 9.29. The van der Waals surface area contributed by atoms with Crippen LogP contribution in [0.5, 0.6) is 0 Å². The van der Waals surface area contributed by atoms with E-state index < -0.39 is 12.1 Å². The summed E-state index contributed by atoms with van der Waals surface area (Å²) >= 11 is 0. The average molecular weight is 299 g/mol. The minimum atomic E-state index is -0.835. The van der Waals surface area contributed by atoms with Crippen molar-refractivity contribution in [2.75, 3.05) is 6.61 Å². The standard InChI is InChI=1S/C18H37NO2/c1-2-3-4-5-6-7-8-9-10-11-12-13-14-15-17(19)18(21)16-20/h14-15,17-18,20-21H,2-13,16,19H2,1H3/b15-14+/t17-,18-/m1/s1. The first-order chi connectivity index (χ1) is 10.2. The molecule has 0 spiro atoms. The molecule has 0 rings (SSSR count). The summed E-state index contributed by atoms with van der Waals surface area (Å²) in [6.45, 7) is 1.99. The van der Waals surface area contributed by atoms with Crippen molar-refractivity contribution in [3.63, 3.8) is 0 Å². The zero-order valence-corrected chi connectivity index (χ0v) is 14.0. The number of nitrogens with two attached hydrogens (primary N) is 1. The molecule has 0 saturated carbocycles. The highest BCUT2D eigenvalue weighted by Crippen LogP contribution is 2.12. The summed E-state index contributed by atoms with van der Waals surface area (Å²) in [6.07, 6.45) is 18.9. The van der Waals surface area contributed by atoms with Crippen LogP contribution in [0.4, 0.5) is 0 Å². The van der Waals surface area contributed by atoms with Crippen molar-refractivity contribution in [1.82, 2.24) is 0 Å². The summed E-state index contributed by atoms with van der Waals surface area (Å²) < 4.78 is 0. The number of rotatable bonds is 15. The Morgan fingerprint density at radius 2 is 1.33 bits per heavy atom. The van der Waals surface area contributed by atoms with Gasteiger partial charge in [0.05, 0.1) is 18.8 Å². The molecule has 0 aliphatic carbocycles. The molecular formula is C18H37NO2. The first-order valence-electron chi connectivity index (χ1n) is 8.93. The molecule has 0 aromatic heterocycles. The van der Waals surface area contributed by atoms with Gasteiger partial charge in [-0.25, -0.2) is 0 Å². The SMILES string of the molecule is CCCCCCCCCCCCC/C=C/[C@@H](N)[C@H](O)CO. The van der Waals surface area contributed by atoms with Crippen molar-refractivity contribution < 1.29 is 10.2 Å². The van der Waals surface area contributed by atoms with Crippen LogP contribution in [-0.4, -0.2) is 29.0 Å². The van der Waals surface area contributed by atoms with Crippen molar-refractivity contribution in [2.24, 2.45) is 5.73 Å². The van der Waals surface area contributed by atoms with Crippen LogP contribution < -0.4 is 5.73 Å². The molecule has 0 amide bonds. The monoisotopic (exact) mass is 299 g/mol. The van der Waals surface area contributed by atoms with Crippen molar-refractivity contribution in [3.8, 4) is 0 Å². The molecule has 0 bridgehead atoms. The van der Waals surface area contributed by atoms with Crippen LogP contribution in [0.2, 0.25) is 0 Å². The Labute approximate surface area is 131 Å². The summed E-state index contributed by atoms with van der Waals surface area (Å²) in [6, 6.07) is -0.442. The van der Waals surface area contributed by atoms with Gasteiger partial charge in [0.25, 0.3) is 0 Å².